The normalized spacial score (nSPS) is 25.2. The van der Waals surface area contributed by atoms with Crippen LogP contribution in [-0.4, -0.2) is 56.5 Å². The Balaban J connectivity index is 1.46. The molecule has 252 valence electrons. The lowest BCUT2D eigenvalue weighted by Crippen LogP contribution is -2.61. The van der Waals surface area contributed by atoms with E-state index in [0.717, 1.165) is 54.8 Å². The minimum Gasteiger partial charge on any atom is -0.504 e. The number of aromatic nitrogens is 2. The van der Waals surface area contributed by atoms with Gasteiger partial charge in [0.15, 0.2) is 17.3 Å². The number of hydrogen-bond acceptors (Lipinski definition) is 9. The Kier molecular flexibility index (Phi) is 11.1. The minimum absolute atomic E-state index is 0.0259. The minimum atomic E-state index is -0.291. The largest absolute Gasteiger partial charge is 0.504 e. The van der Waals surface area contributed by atoms with Crippen molar-refractivity contribution >= 4 is 39.2 Å². The number of methoxy groups -OCH3 is 1. The molecular formula is C38H44N4O4S2. The Labute approximate surface area is 290 Å². The topological polar surface area (TPSA) is 105 Å². The zero-order valence-corrected chi connectivity index (χ0v) is 29.2. The first-order valence-electron chi connectivity index (χ1n) is 16.7. The van der Waals surface area contributed by atoms with Gasteiger partial charge < -0.3 is 19.7 Å². The molecule has 4 atom stereocenters. The van der Waals surface area contributed by atoms with Crippen molar-refractivity contribution < 1.29 is 19.4 Å². The number of Topliss-reactive ketones (excluding diaryl/α,β-unsaturated/α-hetero) is 1. The average Bonchev–Trinajstić information content (AvgIpc) is 3.60. The van der Waals surface area contributed by atoms with Gasteiger partial charge in [-0.05, 0) is 77.1 Å². The van der Waals surface area contributed by atoms with E-state index < -0.39 is 0 Å². The Morgan fingerprint density at radius 1 is 1.15 bits per heavy atom. The molecule has 0 saturated carbocycles. The second-order valence-corrected chi connectivity index (χ2v) is 15.6. The number of imidazole rings is 1. The number of rotatable bonds is 6. The molecule has 6 rings (SSSR count). The summed E-state index contributed by atoms with van der Waals surface area (Å²) in [5.74, 6) is 1.68. The van der Waals surface area contributed by atoms with E-state index in [-0.39, 0.29) is 40.6 Å². The summed E-state index contributed by atoms with van der Waals surface area (Å²) in [6, 6.07) is 14.2. The van der Waals surface area contributed by atoms with Crippen molar-refractivity contribution in [1.82, 2.24) is 20.2 Å². The molecule has 2 aromatic carbocycles. The number of allylic oxidation sites excluding steroid dienone is 3. The summed E-state index contributed by atoms with van der Waals surface area (Å²) in [5, 5.41) is 18.3. The van der Waals surface area contributed by atoms with Crippen molar-refractivity contribution in [3.05, 3.63) is 107 Å². The number of carbonyl (C=O) groups excluding carboxylic acids is 2. The van der Waals surface area contributed by atoms with Gasteiger partial charge in [-0.25, -0.2) is 4.98 Å². The SMILES string of the molecule is CCC1CCC(=O)CC(=O)C=Cc2cc(OC)c(O)cc2CC2=CNC3NCC(Cc4ccccc4)C(Cn4ccnc4)(SSC1)C3=C2. The van der Waals surface area contributed by atoms with Gasteiger partial charge in [0.2, 0.25) is 0 Å². The number of phenols is 1. The van der Waals surface area contributed by atoms with Gasteiger partial charge in [-0.3, -0.25) is 14.9 Å². The van der Waals surface area contributed by atoms with Crippen LogP contribution in [0.5, 0.6) is 11.5 Å². The summed E-state index contributed by atoms with van der Waals surface area (Å²) < 4.78 is 7.33. The molecule has 4 heterocycles. The van der Waals surface area contributed by atoms with Gasteiger partial charge in [0.05, 0.1) is 24.6 Å². The highest BCUT2D eigenvalue weighted by atomic mass is 33.1. The quantitative estimate of drug-likeness (QED) is 0.198. The number of ether oxygens (including phenoxy) is 1. The molecular weight excluding hydrogens is 641 g/mol. The first-order valence-corrected chi connectivity index (χ1v) is 19.0. The lowest BCUT2D eigenvalue weighted by molar-refractivity contribution is -0.124. The molecule has 8 nitrogen and oxygen atoms in total. The predicted molar refractivity (Wildman–Crippen MR) is 195 cm³/mol. The Bertz CT molecular complexity index is 1690. The number of carbonyl (C=O) groups is 2. The molecule has 3 aliphatic rings. The summed E-state index contributed by atoms with van der Waals surface area (Å²) in [6.07, 6.45) is 16.9. The Morgan fingerprint density at radius 3 is 2.77 bits per heavy atom. The molecule has 1 fully saturated rings. The van der Waals surface area contributed by atoms with Crippen LogP contribution in [-0.2, 0) is 29.0 Å². The number of nitrogens with zero attached hydrogens (tertiary/aromatic N) is 2. The highest BCUT2D eigenvalue weighted by Gasteiger charge is 2.49. The second-order valence-electron chi connectivity index (χ2n) is 12.9. The van der Waals surface area contributed by atoms with Crippen molar-refractivity contribution in [1.29, 1.82) is 0 Å². The zero-order valence-electron chi connectivity index (χ0n) is 27.6. The summed E-state index contributed by atoms with van der Waals surface area (Å²) in [7, 11) is 5.37. The maximum Gasteiger partial charge on any atom is 0.163 e. The molecule has 3 N–H and O–H groups in total. The number of aromatic hydroxyl groups is 1. The van der Waals surface area contributed by atoms with Crippen LogP contribution in [0.25, 0.3) is 6.08 Å². The maximum absolute atomic E-state index is 12.9. The van der Waals surface area contributed by atoms with Crippen LogP contribution in [0.1, 0.15) is 49.3 Å². The summed E-state index contributed by atoms with van der Waals surface area (Å²) in [5.41, 5.74) is 5.27. The van der Waals surface area contributed by atoms with E-state index in [1.54, 1.807) is 18.2 Å². The van der Waals surface area contributed by atoms with Crippen molar-refractivity contribution in [2.45, 2.75) is 62.9 Å². The molecule has 2 bridgehead atoms. The monoisotopic (exact) mass is 684 g/mol. The fraction of sp³-hybridized carbons (Fsp3) is 0.395. The number of phenolic OH excluding ortho intramolecular Hbond substituents is 1. The number of dihydropyridines is 1. The number of ketones is 2. The van der Waals surface area contributed by atoms with Crippen molar-refractivity contribution in [2.24, 2.45) is 11.8 Å². The predicted octanol–water partition coefficient (Wildman–Crippen LogP) is 6.52. The van der Waals surface area contributed by atoms with Gasteiger partial charge in [-0.15, -0.1) is 0 Å². The highest BCUT2D eigenvalue weighted by Crippen LogP contribution is 2.52. The molecule has 4 unspecified atom stereocenters. The van der Waals surface area contributed by atoms with E-state index in [0.29, 0.717) is 24.5 Å². The van der Waals surface area contributed by atoms with Crippen LogP contribution < -0.4 is 15.4 Å². The van der Waals surface area contributed by atoms with Crippen molar-refractivity contribution in [2.75, 3.05) is 19.4 Å². The Hall–Kier alpha value is -3.73. The Morgan fingerprint density at radius 2 is 2.00 bits per heavy atom. The van der Waals surface area contributed by atoms with E-state index in [2.05, 4.69) is 75.9 Å². The van der Waals surface area contributed by atoms with Crippen LogP contribution >= 0.6 is 21.6 Å². The lowest BCUT2D eigenvalue weighted by Gasteiger charge is -2.50. The molecule has 0 amide bonds. The molecule has 3 aromatic rings. The van der Waals surface area contributed by atoms with Gasteiger partial charge in [-0.2, -0.15) is 0 Å². The summed E-state index contributed by atoms with van der Waals surface area (Å²) >= 11 is 0. The van der Waals surface area contributed by atoms with E-state index in [9.17, 15) is 14.7 Å². The molecule has 0 aliphatic carbocycles. The highest BCUT2D eigenvalue weighted by molar-refractivity contribution is 8.77. The molecule has 1 aromatic heterocycles. The van der Waals surface area contributed by atoms with Gasteiger partial charge >= 0.3 is 0 Å². The van der Waals surface area contributed by atoms with Gasteiger partial charge in [-0.1, -0.05) is 77.4 Å². The van der Waals surface area contributed by atoms with Crippen LogP contribution in [0.15, 0.2) is 90.7 Å². The standard InChI is InChI=1S/C38H44N4O4S2/c1-3-26-9-11-32(43)20-33(44)12-10-29-19-36(46-2)35(45)18-30(29)15-28-17-34-37(40-21-28)41-22-31(16-27-7-5-4-6-8-27)38(34,48-47-23-26)24-42-14-13-39-25-42/h4-8,10,12-14,17-19,21,25-26,31,37,40-41,45H,3,9,11,15-16,20,22-24H2,1-2H3. The fourth-order valence-electron chi connectivity index (χ4n) is 6.90. The average molecular weight is 685 g/mol. The first kappa shape index (κ1) is 34.1. The number of nitrogens with one attached hydrogen (secondary N) is 2. The molecule has 1 saturated heterocycles. The van der Waals surface area contributed by atoms with Crippen LogP contribution in [0.3, 0.4) is 0 Å². The van der Waals surface area contributed by atoms with Gasteiger partial charge in [0.25, 0.3) is 0 Å². The maximum atomic E-state index is 12.9. The molecule has 0 spiro atoms. The second kappa shape index (κ2) is 15.7. The zero-order chi connectivity index (χ0) is 33.5. The van der Waals surface area contributed by atoms with Crippen LogP contribution in [0.2, 0.25) is 0 Å². The van der Waals surface area contributed by atoms with E-state index in [1.807, 2.05) is 34.1 Å². The summed E-state index contributed by atoms with van der Waals surface area (Å²) in [6.45, 7) is 3.79. The number of hydrogen-bond donors (Lipinski definition) is 3. The third-order valence-electron chi connectivity index (χ3n) is 9.68. The number of benzene rings is 2. The van der Waals surface area contributed by atoms with E-state index in [1.165, 1.54) is 24.3 Å². The van der Waals surface area contributed by atoms with E-state index in [4.69, 9.17) is 4.74 Å². The van der Waals surface area contributed by atoms with Crippen LogP contribution in [0.4, 0.5) is 0 Å². The molecule has 10 heteroatoms. The first-order chi connectivity index (χ1) is 23.4. The van der Waals surface area contributed by atoms with E-state index >= 15 is 0 Å². The lowest BCUT2D eigenvalue weighted by atomic mass is 9.75. The van der Waals surface area contributed by atoms with Crippen molar-refractivity contribution in [3.63, 3.8) is 0 Å². The third-order valence-corrected chi connectivity index (χ3v) is 13.1. The van der Waals surface area contributed by atoms with Crippen LogP contribution in [0, 0.1) is 11.8 Å². The molecule has 0 radical (unpaired) electrons. The summed E-state index contributed by atoms with van der Waals surface area (Å²) in [4.78, 5) is 30.2. The molecule has 48 heavy (non-hydrogen) atoms. The third kappa shape index (κ3) is 7.93. The number of piperidine rings is 1. The number of fused-ring (bicyclic) bond motifs is 2. The van der Waals surface area contributed by atoms with Crippen molar-refractivity contribution in [3.8, 4) is 11.5 Å². The molecule has 3 aliphatic heterocycles. The van der Waals surface area contributed by atoms with Gasteiger partial charge in [0, 0.05) is 43.9 Å². The fourth-order valence-corrected chi connectivity index (χ4v) is 10.8. The smallest absolute Gasteiger partial charge is 0.163 e. The van der Waals surface area contributed by atoms with Gasteiger partial charge in [0.1, 0.15) is 11.9 Å².